The molecule has 0 aliphatic carbocycles. The minimum atomic E-state index is -4.91. The van der Waals surface area contributed by atoms with Gasteiger partial charge in [0, 0.05) is 0 Å². The first-order valence-electron chi connectivity index (χ1n) is 3.20. The molecule has 7 heteroatoms. The third-order valence-electron chi connectivity index (χ3n) is 1.18. The molecule has 78 valence electrons. The quantitative estimate of drug-likeness (QED) is 0.682. The topological polar surface area (TPSA) is 9.23 Å². The Bertz CT molecular complexity index is 327. The summed E-state index contributed by atoms with van der Waals surface area (Å²) >= 11 is 10.6. The zero-order chi connectivity index (χ0) is 10.9. The summed E-state index contributed by atoms with van der Waals surface area (Å²) in [6.07, 6.45) is -4.91. The van der Waals surface area contributed by atoms with E-state index in [2.05, 4.69) is 4.74 Å². The van der Waals surface area contributed by atoms with E-state index in [-0.39, 0.29) is 0 Å². The van der Waals surface area contributed by atoms with Gasteiger partial charge in [-0.1, -0.05) is 23.2 Å². The van der Waals surface area contributed by atoms with Crippen LogP contribution in [0.2, 0.25) is 10.0 Å². The zero-order valence-electron chi connectivity index (χ0n) is 6.33. The maximum Gasteiger partial charge on any atom is 0.573 e. The molecular formula is C7H2Cl2F4O. The maximum absolute atomic E-state index is 12.5. The highest BCUT2D eigenvalue weighted by atomic mass is 35.5. The Morgan fingerprint density at radius 1 is 1.07 bits per heavy atom. The van der Waals surface area contributed by atoms with Gasteiger partial charge in [-0.05, 0) is 12.1 Å². The van der Waals surface area contributed by atoms with Crippen LogP contribution in [-0.2, 0) is 0 Å². The van der Waals surface area contributed by atoms with Crippen LogP contribution in [0.1, 0.15) is 0 Å². The summed E-state index contributed by atoms with van der Waals surface area (Å²) < 4.78 is 51.3. The summed E-state index contributed by atoms with van der Waals surface area (Å²) in [5.41, 5.74) is 0. The van der Waals surface area contributed by atoms with Crippen LogP contribution in [0.5, 0.6) is 5.75 Å². The molecule has 0 bridgehead atoms. The molecule has 0 amide bonds. The van der Waals surface area contributed by atoms with E-state index in [9.17, 15) is 17.6 Å². The van der Waals surface area contributed by atoms with Crippen molar-refractivity contribution in [3.63, 3.8) is 0 Å². The predicted molar refractivity (Wildman–Crippen MR) is 43.1 cm³/mol. The third kappa shape index (κ3) is 2.92. The van der Waals surface area contributed by atoms with Gasteiger partial charge in [0.1, 0.15) is 5.82 Å². The fourth-order valence-corrected chi connectivity index (χ4v) is 1.28. The van der Waals surface area contributed by atoms with Crippen LogP contribution in [-0.4, -0.2) is 6.36 Å². The molecule has 1 rings (SSSR count). The van der Waals surface area contributed by atoms with Gasteiger partial charge >= 0.3 is 6.36 Å². The van der Waals surface area contributed by atoms with Crippen molar-refractivity contribution in [2.45, 2.75) is 6.36 Å². The molecule has 0 fully saturated rings. The molecule has 0 spiro atoms. The van der Waals surface area contributed by atoms with Crippen LogP contribution in [0.15, 0.2) is 12.1 Å². The van der Waals surface area contributed by atoms with Gasteiger partial charge < -0.3 is 4.74 Å². The van der Waals surface area contributed by atoms with E-state index in [1.54, 1.807) is 0 Å². The molecule has 0 saturated carbocycles. The highest BCUT2D eigenvalue weighted by Crippen LogP contribution is 2.37. The van der Waals surface area contributed by atoms with Gasteiger partial charge in [0.2, 0.25) is 0 Å². The Kier molecular flexibility index (Phi) is 3.11. The lowest BCUT2D eigenvalue weighted by atomic mass is 10.3. The van der Waals surface area contributed by atoms with E-state index in [4.69, 9.17) is 23.2 Å². The number of rotatable bonds is 1. The molecule has 14 heavy (non-hydrogen) atoms. The van der Waals surface area contributed by atoms with E-state index in [1.807, 2.05) is 0 Å². The van der Waals surface area contributed by atoms with Gasteiger partial charge in [-0.15, -0.1) is 13.2 Å². The van der Waals surface area contributed by atoms with Crippen LogP contribution < -0.4 is 4.74 Å². The molecule has 1 nitrogen and oxygen atoms in total. The Morgan fingerprint density at radius 2 is 1.50 bits per heavy atom. The lowest BCUT2D eigenvalue weighted by Crippen LogP contribution is -2.17. The first kappa shape index (κ1) is 11.4. The van der Waals surface area contributed by atoms with E-state index in [1.165, 1.54) is 0 Å². The average Bonchev–Trinajstić information content (AvgIpc) is 1.95. The molecule has 0 aromatic heterocycles. The highest BCUT2D eigenvalue weighted by molar-refractivity contribution is 6.37. The fraction of sp³-hybridized carbons (Fsp3) is 0.143. The van der Waals surface area contributed by atoms with Crippen molar-refractivity contribution in [2.75, 3.05) is 0 Å². The Morgan fingerprint density at radius 3 is 1.86 bits per heavy atom. The molecule has 1 aromatic carbocycles. The largest absolute Gasteiger partial charge is 0.573 e. The van der Waals surface area contributed by atoms with Crippen molar-refractivity contribution in [2.24, 2.45) is 0 Å². The van der Waals surface area contributed by atoms with Crippen molar-refractivity contribution in [3.8, 4) is 5.75 Å². The van der Waals surface area contributed by atoms with E-state index >= 15 is 0 Å². The van der Waals surface area contributed by atoms with Gasteiger partial charge in [-0.25, -0.2) is 4.39 Å². The number of benzene rings is 1. The highest BCUT2D eigenvalue weighted by Gasteiger charge is 2.33. The molecule has 0 radical (unpaired) electrons. The standard InChI is InChI=1S/C7H2Cl2F4O/c8-4-1-3(10)2-5(9)6(4)14-7(11,12)13/h1-2H. The Labute approximate surface area is 86.2 Å². The van der Waals surface area contributed by atoms with Crippen LogP contribution in [0.25, 0.3) is 0 Å². The summed E-state index contributed by atoms with van der Waals surface area (Å²) in [6, 6.07) is 1.35. The SMILES string of the molecule is Fc1cc(Cl)c(OC(F)(F)F)c(Cl)c1. The van der Waals surface area contributed by atoms with Crippen molar-refractivity contribution in [1.29, 1.82) is 0 Å². The number of hydrogen-bond donors (Lipinski definition) is 0. The van der Waals surface area contributed by atoms with Crippen molar-refractivity contribution >= 4 is 23.2 Å². The van der Waals surface area contributed by atoms with Gasteiger partial charge in [-0.2, -0.15) is 0 Å². The van der Waals surface area contributed by atoms with Crippen molar-refractivity contribution in [3.05, 3.63) is 28.0 Å². The average molecular weight is 249 g/mol. The molecule has 0 heterocycles. The van der Waals surface area contributed by atoms with Crippen LogP contribution in [0.3, 0.4) is 0 Å². The molecule has 0 saturated heterocycles. The second-order valence-electron chi connectivity index (χ2n) is 2.25. The van der Waals surface area contributed by atoms with Crippen LogP contribution in [0, 0.1) is 5.82 Å². The summed E-state index contributed by atoms with van der Waals surface area (Å²) in [5, 5.41) is -1.07. The van der Waals surface area contributed by atoms with Crippen molar-refractivity contribution < 1.29 is 22.3 Å². The number of ether oxygens (including phenoxy) is 1. The molecule has 0 unspecified atom stereocenters. The van der Waals surface area contributed by atoms with E-state index in [0.717, 1.165) is 0 Å². The van der Waals surface area contributed by atoms with E-state index < -0.39 is 28.0 Å². The van der Waals surface area contributed by atoms with Crippen molar-refractivity contribution in [1.82, 2.24) is 0 Å². The summed E-state index contributed by atoms with van der Waals surface area (Å²) in [5.74, 6) is -1.64. The first-order valence-corrected chi connectivity index (χ1v) is 3.95. The molecule has 0 aliphatic heterocycles. The van der Waals surface area contributed by atoms with Crippen LogP contribution >= 0.6 is 23.2 Å². The predicted octanol–water partition coefficient (Wildman–Crippen LogP) is 4.03. The number of halogens is 6. The fourth-order valence-electron chi connectivity index (χ4n) is 0.742. The molecule has 0 atom stereocenters. The monoisotopic (exact) mass is 248 g/mol. The lowest BCUT2D eigenvalue weighted by Gasteiger charge is -2.11. The first-order chi connectivity index (χ1) is 6.29. The summed E-state index contributed by atoms with van der Waals surface area (Å²) in [6.45, 7) is 0. The lowest BCUT2D eigenvalue weighted by molar-refractivity contribution is -0.274. The zero-order valence-corrected chi connectivity index (χ0v) is 7.84. The third-order valence-corrected chi connectivity index (χ3v) is 1.74. The number of alkyl halides is 3. The molecule has 0 N–H and O–H groups in total. The molecule has 0 aliphatic rings. The summed E-state index contributed by atoms with van der Waals surface area (Å²) in [4.78, 5) is 0. The Hall–Kier alpha value is -0.680. The smallest absolute Gasteiger partial charge is 0.403 e. The molecule has 1 aromatic rings. The second-order valence-corrected chi connectivity index (χ2v) is 3.06. The minimum Gasteiger partial charge on any atom is -0.403 e. The van der Waals surface area contributed by atoms with Gasteiger partial charge in [0.15, 0.2) is 5.75 Å². The maximum atomic E-state index is 12.5. The summed E-state index contributed by atoms with van der Waals surface area (Å²) in [7, 11) is 0. The van der Waals surface area contributed by atoms with Gasteiger partial charge in [0.05, 0.1) is 10.0 Å². The minimum absolute atomic E-state index is 0.535. The number of hydrogen-bond acceptors (Lipinski definition) is 1. The Balaban J connectivity index is 3.09. The normalized spacial score (nSPS) is 11.6. The molecular weight excluding hydrogens is 247 g/mol. The van der Waals surface area contributed by atoms with Gasteiger partial charge in [0.25, 0.3) is 0 Å². The van der Waals surface area contributed by atoms with Crippen LogP contribution in [0.4, 0.5) is 17.6 Å². The van der Waals surface area contributed by atoms with E-state index in [0.29, 0.717) is 12.1 Å². The van der Waals surface area contributed by atoms with Gasteiger partial charge in [-0.3, -0.25) is 0 Å². The second kappa shape index (κ2) is 3.82.